The van der Waals surface area contributed by atoms with Crippen molar-refractivity contribution in [2.45, 2.75) is 53.6 Å². The Morgan fingerprint density at radius 1 is 0.739 bits per heavy atom. The van der Waals surface area contributed by atoms with Gasteiger partial charge in [-0.3, -0.25) is 14.4 Å². The van der Waals surface area contributed by atoms with Gasteiger partial charge in [-0.15, -0.1) is 0 Å². The molecule has 0 radical (unpaired) electrons. The van der Waals surface area contributed by atoms with Gasteiger partial charge in [0.25, 0.3) is 11.8 Å². The van der Waals surface area contributed by atoms with Crippen LogP contribution in [0.1, 0.15) is 47.2 Å². The molecule has 0 saturated carbocycles. The molecule has 0 spiro atoms. The highest BCUT2D eigenvalue weighted by atomic mass is 35.5. The number of nitrogens with zero attached hydrogens (tertiary/aromatic N) is 2. The Hall–Kier alpha value is -3.44. The molecule has 2 aliphatic heterocycles. The maximum absolute atomic E-state index is 12.3. The summed E-state index contributed by atoms with van der Waals surface area (Å²) in [5.74, 6) is -0.214. The lowest BCUT2D eigenvalue weighted by Crippen LogP contribution is -3.00. The molecule has 2 aliphatic rings. The molecular formula is C32H39Cl4N4O6-. The van der Waals surface area contributed by atoms with Crippen LogP contribution >= 0.6 is 34.8 Å². The molecule has 0 bridgehead atoms. The average Bonchev–Trinajstić information content (AvgIpc) is 3.35. The van der Waals surface area contributed by atoms with Crippen molar-refractivity contribution >= 4 is 69.2 Å². The number of aliphatic hydroxyl groups is 1. The van der Waals surface area contributed by atoms with Gasteiger partial charge in [-0.05, 0) is 99.7 Å². The van der Waals surface area contributed by atoms with Crippen LogP contribution in [-0.2, 0) is 14.3 Å². The standard InChI is InChI=1S/C16H19ClN2O3.C13H14ClNO2.C3H6ClNO.ClH/c1-8-6-11(12(17)7-9(8)2)13-14(10(3)18-15(13)20)22-16(21)19(4)5;1-6-4-9(10(14)5-7(6)2)11-12(16)8(3)15-13(11)17;1-5(2)3(4)6;/h6-7,10H,1-5H3,(H,18,20);4-5,8,16H,1-3H3,(H,15,17);1-2H3;1H/p-1. The van der Waals surface area contributed by atoms with Crippen molar-refractivity contribution in [2.24, 2.45) is 0 Å². The third kappa shape index (κ3) is 9.78. The van der Waals surface area contributed by atoms with Crippen molar-refractivity contribution in [2.75, 3.05) is 28.2 Å². The first kappa shape index (κ1) is 40.6. The fraction of sp³-hybridized carbons (Fsp3) is 0.375. The summed E-state index contributed by atoms with van der Waals surface area (Å²) in [7, 11) is 6.35. The number of nitrogens with one attached hydrogen (secondary N) is 2. The Morgan fingerprint density at radius 2 is 1.11 bits per heavy atom. The topological polar surface area (TPSA) is 128 Å². The van der Waals surface area contributed by atoms with E-state index in [9.17, 15) is 24.3 Å². The molecule has 2 heterocycles. The third-order valence-corrected chi connectivity index (χ3v) is 8.04. The van der Waals surface area contributed by atoms with Crippen molar-refractivity contribution in [3.8, 4) is 0 Å². The first-order valence-corrected chi connectivity index (χ1v) is 15.0. The van der Waals surface area contributed by atoms with Gasteiger partial charge in [0.05, 0.1) is 23.2 Å². The summed E-state index contributed by atoms with van der Waals surface area (Å²) in [4.78, 5) is 48.3. The molecule has 46 heavy (non-hydrogen) atoms. The fourth-order valence-electron chi connectivity index (χ4n) is 4.12. The predicted molar refractivity (Wildman–Crippen MR) is 179 cm³/mol. The summed E-state index contributed by atoms with van der Waals surface area (Å²) in [5.41, 5.74) is 5.91. The second-order valence-corrected chi connectivity index (χ2v) is 12.3. The lowest BCUT2D eigenvalue weighted by Gasteiger charge is -2.15. The highest BCUT2D eigenvalue weighted by Gasteiger charge is 2.34. The first-order chi connectivity index (χ1) is 20.8. The van der Waals surface area contributed by atoms with Crippen molar-refractivity contribution in [3.05, 3.63) is 79.2 Å². The molecular weight excluding hydrogens is 678 g/mol. The lowest BCUT2D eigenvalue weighted by molar-refractivity contribution is -0.116. The number of rotatable bonds is 3. The van der Waals surface area contributed by atoms with Gasteiger partial charge < -0.3 is 42.7 Å². The molecule has 0 aromatic heterocycles. The molecule has 2 atom stereocenters. The molecule has 4 rings (SSSR count). The molecule has 0 saturated heterocycles. The Kier molecular flexibility index (Phi) is 14.9. The SMILES string of the molecule is CN(C)C(=O)Cl.Cc1cc(Cl)c(C2=C(O)C(C)NC2=O)cc1C.Cc1cc(Cl)c(C2=C(OC(=O)N(C)C)C(C)NC2=O)cc1C.[Cl-]. The van der Waals surface area contributed by atoms with Gasteiger partial charge in [0.15, 0.2) is 0 Å². The zero-order valence-electron chi connectivity index (χ0n) is 27.4. The number of benzene rings is 2. The molecule has 2 aromatic rings. The average molecular weight is 717 g/mol. The highest BCUT2D eigenvalue weighted by Crippen LogP contribution is 2.34. The van der Waals surface area contributed by atoms with E-state index < -0.39 is 11.5 Å². The monoisotopic (exact) mass is 715 g/mol. The zero-order valence-corrected chi connectivity index (χ0v) is 30.4. The molecule has 3 N–H and O–H groups in total. The van der Waals surface area contributed by atoms with E-state index in [1.807, 2.05) is 45.9 Å². The van der Waals surface area contributed by atoms with Crippen molar-refractivity contribution in [1.82, 2.24) is 20.4 Å². The molecule has 0 aliphatic carbocycles. The maximum atomic E-state index is 12.3. The number of aliphatic hydroxyl groups excluding tert-OH is 1. The summed E-state index contributed by atoms with van der Waals surface area (Å²) in [6.07, 6.45) is -0.532. The van der Waals surface area contributed by atoms with Crippen LogP contribution in [0.25, 0.3) is 11.1 Å². The Morgan fingerprint density at radius 3 is 1.48 bits per heavy atom. The van der Waals surface area contributed by atoms with Crippen molar-refractivity contribution < 1.29 is 41.4 Å². The van der Waals surface area contributed by atoms with Gasteiger partial charge in [-0.1, -0.05) is 23.2 Å². The minimum Gasteiger partial charge on any atom is -1.00 e. The van der Waals surface area contributed by atoms with Crippen LogP contribution in [0.3, 0.4) is 0 Å². The number of ether oxygens (including phenoxy) is 1. The van der Waals surface area contributed by atoms with Gasteiger partial charge in [-0.25, -0.2) is 4.79 Å². The van der Waals surface area contributed by atoms with Gasteiger partial charge in [0.2, 0.25) is 0 Å². The van der Waals surface area contributed by atoms with E-state index in [4.69, 9.17) is 39.5 Å². The Bertz CT molecular complexity index is 1590. The number of carbonyl (C=O) groups excluding carboxylic acids is 4. The molecule has 4 amide bonds. The van der Waals surface area contributed by atoms with E-state index in [0.717, 1.165) is 22.3 Å². The van der Waals surface area contributed by atoms with Crippen LogP contribution in [-0.4, -0.2) is 78.5 Å². The van der Waals surface area contributed by atoms with E-state index in [1.165, 1.54) is 9.80 Å². The zero-order chi connectivity index (χ0) is 34.5. The summed E-state index contributed by atoms with van der Waals surface area (Å²) < 4.78 is 5.37. The van der Waals surface area contributed by atoms with E-state index >= 15 is 0 Å². The minimum absolute atomic E-state index is 0. The van der Waals surface area contributed by atoms with Crippen LogP contribution in [0.2, 0.25) is 10.0 Å². The van der Waals surface area contributed by atoms with E-state index in [0.29, 0.717) is 32.5 Å². The molecule has 10 nitrogen and oxygen atoms in total. The Labute approximate surface area is 291 Å². The summed E-state index contributed by atoms with van der Waals surface area (Å²) >= 11 is 17.3. The second kappa shape index (κ2) is 16.9. The first-order valence-electron chi connectivity index (χ1n) is 13.9. The number of halogens is 4. The summed E-state index contributed by atoms with van der Waals surface area (Å²) in [6.45, 7) is 11.3. The van der Waals surface area contributed by atoms with Crippen LogP contribution in [0.4, 0.5) is 9.59 Å². The second-order valence-electron chi connectivity index (χ2n) is 11.1. The van der Waals surface area contributed by atoms with Gasteiger partial charge in [-0.2, -0.15) is 0 Å². The third-order valence-electron chi connectivity index (χ3n) is 7.07. The van der Waals surface area contributed by atoms with Gasteiger partial charge in [0.1, 0.15) is 11.5 Å². The number of hydrogen-bond acceptors (Lipinski definition) is 6. The lowest BCUT2D eigenvalue weighted by atomic mass is 9.99. The molecule has 2 unspecified atom stereocenters. The molecule has 0 fully saturated rings. The van der Waals surface area contributed by atoms with E-state index in [-0.39, 0.29) is 47.6 Å². The molecule has 252 valence electrons. The van der Waals surface area contributed by atoms with Crippen LogP contribution in [0.5, 0.6) is 0 Å². The number of hydrogen-bond donors (Lipinski definition) is 3. The van der Waals surface area contributed by atoms with Gasteiger partial charge in [0, 0.05) is 49.4 Å². The fourth-order valence-corrected chi connectivity index (χ4v) is 4.74. The number of amides is 4. The molecule has 14 heteroatoms. The van der Waals surface area contributed by atoms with Crippen molar-refractivity contribution in [3.63, 3.8) is 0 Å². The Balaban J connectivity index is 0.000000392. The summed E-state index contributed by atoms with van der Waals surface area (Å²) in [6, 6.07) is 6.55. The van der Waals surface area contributed by atoms with E-state index in [2.05, 4.69) is 10.6 Å². The smallest absolute Gasteiger partial charge is 0.414 e. The molecule has 2 aromatic carbocycles. The predicted octanol–water partition coefficient (Wildman–Crippen LogP) is 3.54. The number of carbonyl (C=O) groups is 4. The minimum atomic E-state index is -0.532. The summed E-state index contributed by atoms with van der Waals surface area (Å²) in [5, 5.41) is 15.8. The van der Waals surface area contributed by atoms with Crippen LogP contribution in [0, 0.1) is 27.7 Å². The van der Waals surface area contributed by atoms with Crippen molar-refractivity contribution in [1.29, 1.82) is 0 Å². The largest absolute Gasteiger partial charge is 1.00 e. The highest BCUT2D eigenvalue weighted by molar-refractivity contribution is 6.62. The normalized spacial score (nSPS) is 16.7. The van der Waals surface area contributed by atoms with Gasteiger partial charge >= 0.3 is 11.5 Å². The van der Waals surface area contributed by atoms with E-state index in [1.54, 1.807) is 48.1 Å². The number of aryl methyl sites for hydroxylation is 4. The maximum Gasteiger partial charge on any atom is 0.414 e. The van der Waals surface area contributed by atoms with Crippen LogP contribution in [0.15, 0.2) is 35.8 Å². The van der Waals surface area contributed by atoms with Crippen LogP contribution < -0.4 is 23.0 Å². The quantitative estimate of drug-likeness (QED) is 0.330.